The Balaban J connectivity index is 2.50. The van der Waals surface area contributed by atoms with Crippen LogP contribution in [0.4, 0.5) is 0 Å². The number of hydrogen-bond acceptors (Lipinski definition) is 5. The van der Waals surface area contributed by atoms with Gasteiger partial charge in [0.05, 0.1) is 11.4 Å². The van der Waals surface area contributed by atoms with Gasteiger partial charge in [-0.05, 0) is 19.3 Å². The highest BCUT2D eigenvalue weighted by molar-refractivity contribution is 7.90. The number of aliphatic imine (C=N–C) groups is 1. The summed E-state index contributed by atoms with van der Waals surface area (Å²) in [6, 6.07) is 1.90. The Kier molecular flexibility index (Phi) is 7.37. The fourth-order valence-corrected chi connectivity index (χ4v) is 2.38. The van der Waals surface area contributed by atoms with Gasteiger partial charge in [0.15, 0.2) is 11.7 Å². The number of nitrogens with zero attached hydrogens (tertiary/aromatic N) is 2. The number of aromatic nitrogens is 1. The second-order valence-corrected chi connectivity index (χ2v) is 7.74. The smallest absolute Gasteiger partial charge is 0.191 e. The van der Waals surface area contributed by atoms with E-state index in [-0.39, 0.29) is 5.75 Å². The summed E-state index contributed by atoms with van der Waals surface area (Å²) >= 11 is 0. The van der Waals surface area contributed by atoms with Gasteiger partial charge in [-0.25, -0.2) is 13.4 Å². The van der Waals surface area contributed by atoms with Gasteiger partial charge in [-0.15, -0.1) is 0 Å². The first kappa shape index (κ1) is 18.5. The van der Waals surface area contributed by atoms with Crippen LogP contribution < -0.4 is 10.6 Å². The molecule has 1 aromatic rings. The highest BCUT2D eigenvalue weighted by Crippen LogP contribution is 2.14. The quantitative estimate of drug-likeness (QED) is 0.423. The molecular weight excluding hydrogens is 304 g/mol. The lowest BCUT2D eigenvalue weighted by Crippen LogP contribution is -2.38. The molecular formula is C14H26N4O3S. The molecule has 0 aliphatic carbocycles. The Morgan fingerprint density at radius 2 is 2.14 bits per heavy atom. The molecule has 0 saturated carbocycles. The van der Waals surface area contributed by atoms with Crippen LogP contribution in [0, 0.1) is 0 Å². The molecule has 126 valence electrons. The van der Waals surface area contributed by atoms with Crippen LogP contribution in [0.2, 0.25) is 0 Å². The molecule has 1 rings (SSSR count). The van der Waals surface area contributed by atoms with E-state index < -0.39 is 9.84 Å². The van der Waals surface area contributed by atoms with Crippen LogP contribution in [0.3, 0.4) is 0 Å². The van der Waals surface area contributed by atoms with Crippen molar-refractivity contribution in [2.45, 2.75) is 39.7 Å². The molecule has 0 aromatic carbocycles. The number of sulfone groups is 1. The lowest BCUT2D eigenvalue weighted by molar-refractivity contribution is 0.376. The van der Waals surface area contributed by atoms with Crippen molar-refractivity contribution in [1.82, 2.24) is 15.8 Å². The van der Waals surface area contributed by atoms with Crippen LogP contribution in [0.5, 0.6) is 0 Å². The van der Waals surface area contributed by atoms with Crippen molar-refractivity contribution in [2.75, 3.05) is 25.1 Å². The molecule has 0 amide bonds. The first-order chi connectivity index (χ1) is 10.3. The molecule has 0 aliphatic rings. The monoisotopic (exact) mass is 330 g/mol. The van der Waals surface area contributed by atoms with Crippen LogP contribution in [-0.2, 0) is 16.4 Å². The van der Waals surface area contributed by atoms with E-state index in [1.54, 1.807) is 0 Å². The first-order valence-corrected chi connectivity index (χ1v) is 9.53. The second kappa shape index (κ2) is 8.77. The van der Waals surface area contributed by atoms with Gasteiger partial charge in [0.1, 0.15) is 16.4 Å². The first-order valence-electron chi connectivity index (χ1n) is 7.47. The summed E-state index contributed by atoms with van der Waals surface area (Å²) in [7, 11) is -2.92. The SMILES string of the molecule is CCNC(=NCc1cc(C(C)C)no1)NCCCS(C)(=O)=O. The van der Waals surface area contributed by atoms with Crippen molar-refractivity contribution in [2.24, 2.45) is 4.99 Å². The molecule has 8 heteroatoms. The minimum Gasteiger partial charge on any atom is -0.359 e. The molecule has 1 heterocycles. The van der Waals surface area contributed by atoms with E-state index >= 15 is 0 Å². The summed E-state index contributed by atoms with van der Waals surface area (Å²) in [5.41, 5.74) is 0.913. The standard InChI is InChI=1S/C14H26N4O3S/c1-5-15-14(16-7-6-8-22(4,19)20)17-10-12-9-13(11(2)3)18-21-12/h9,11H,5-8,10H2,1-4H3,(H2,15,16,17). The van der Waals surface area contributed by atoms with Crippen LogP contribution in [0.15, 0.2) is 15.6 Å². The molecule has 0 fully saturated rings. The fourth-order valence-electron chi connectivity index (χ4n) is 1.72. The van der Waals surface area contributed by atoms with Crippen molar-refractivity contribution in [3.8, 4) is 0 Å². The van der Waals surface area contributed by atoms with Crippen LogP contribution in [0.25, 0.3) is 0 Å². The van der Waals surface area contributed by atoms with Crippen LogP contribution >= 0.6 is 0 Å². The minimum absolute atomic E-state index is 0.166. The normalized spacial score (nSPS) is 12.7. The maximum atomic E-state index is 11.1. The topological polar surface area (TPSA) is 96.6 Å². The van der Waals surface area contributed by atoms with Gasteiger partial charge in [0.2, 0.25) is 0 Å². The van der Waals surface area contributed by atoms with Crippen molar-refractivity contribution in [3.05, 3.63) is 17.5 Å². The predicted octanol–water partition coefficient (Wildman–Crippen LogP) is 1.29. The van der Waals surface area contributed by atoms with Crippen molar-refractivity contribution in [1.29, 1.82) is 0 Å². The van der Waals surface area contributed by atoms with E-state index in [9.17, 15) is 8.42 Å². The molecule has 2 N–H and O–H groups in total. The molecule has 0 radical (unpaired) electrons. The van der Waals surface area contributed by atoms with Gasteiger partial charge in [-0.1, -0.05) is 19.0 Å². The maximum Gasteiger partial charge on any atom is 0.191 e. The summed E-state index contributed by atoms with van der Waals surface area (Å²) in [5.74, 6) is 1.83. The van der Waals surface area contributed by atoms with E-state index in [0.717, 1.165) is 12.2 Å². The van der Waals surface area contributed by atoms with E-state index in [4.69, 9.17) is 4.52 Å². The summed E-state index contributed by atoms with van der Waals surface area (Å²) < 4.78 is 27.4. The Labute approximate surface area is 132 Å². The summed E-state index contributed by atoms with van der Waals surface area (Å²) in [5, 5.41) is 10.2. The molecule has 0 saturated heterocycles. The number of nitrogens with one attached hydrogen (secondary N) is 2. The fraction of sp³-hybridized carbons (Fsp3) is 0.714. The molecule has 0 spiro atoms. The molecule has 1 aromatic heterocycles. The number of hydrogen-bond donors (Lipinski definition) is 2. The molecule has 0 atom stereocenters. The zero-order valence-corrected chi connectivity index (χ0v) is 14.5. The van der Waals surface area contributed by atoms with Gasteiger partial charge in [0.25, 0.3) is 0 Å². The minimum atomic E-state index is -2.92. The Morgan fingerprint density at radius 3 is 2.68 bits per heavy atom. The lowest BCUT2D eigenvalue weighted by Gasteiger charge is -2.10. The summed E-state index contributed by atoms with van der Waals surface area (Å²) in [4.78, 5) is 4.40. The Bertz CT molecular complexity index is 579. The van der Waals surface area contributed by atoms with Crippen molar-refractivity contribution >= 4 is 15.8 Å². The maximum absolute atomic E-state index is 11.1. The second-order valence-electron chi connectivity index (χ2n) is 5.48. The predicted molar refractivity (Wildman–Crippen MR) is 87.7 cm³/mol. The highest BCUT2D eigenvalue weighted by atomic mass is 32.2. The third kappa shape index (κ3) is 7.44. The average molecular weight is 330 g/mol. The third-order valence-electron chi connectivity index (χ3n) is 2.89. The van der Waals surface area contributed by atoms with Crippen molar-refractivity contribution < 1.29 is 12.9 Å². The molecule has 7 nitrogen and oxygen atoms in total. The molecule has 22 heavy (non-hydrogen) atoms. The van der Waals surface area contributed by atoms with E-state index in [1.165, 1.54) is 6.26 Å². The molecule has 0 aliphatic heterocycles. The van der Waals surface area contributed by atoms with E-state index in [2.05, 4.69) is 34.6 Å². The van der Waals surface area contributed by atoms with E-state index in [1.807, 2.05) is 13.0 Å². The molecule has 0 bridgehead atoms. The van der Waals surface area contributed by atoms with Crippen molar-refractivity contribution in [3.63, 3.8) is 0 Å². The third-order valence-corrected chi connectivity index (χ3v) is 3.92. The highest BCUT2D eigenvalue weighted by Gasteiger charge is 2.07. The summed E-state index contributed by atoms with van der Waals surface area (Å²) in [6.45, 7) is 7.74. The van der Waals surface area contributed by atoms with E-state index in [0.29, 0.717) is 37.1 Å². The molecule has 0 unspecified atom stereocenters. The van der Waals surface area contributed by atoms with Crippen LogP contribution in [0.1, 0.15) is 44.6 Å². The number of guanidine groups is 1. The zero-order valence-electron chi connectivity index (χ0n) is 13.7. The number of rotatable bonds is 8. The van der Waals surface area contributed by atoms with Gasteiger partial charge >= 0.3 is 0 Å². The van der Waals surface area contributed by atoms with Gasteiger partial charge in [0, 0.05) is 25.4 Å². The largest absolute Gasteiger partial charge is 0.359 e. The van der Waals surface area contributed by atoms with Gasteiger partial charge in [-0.3, -0.25) is 0 Å². The Morgan fingerprint density at radius 1 is 1.41 bits per heavy atom. The lowest BCUT2D eigenvalue weighted by atomic mass is 10.1. The average Bonchev–Trinajstić information content (AvgIpc) is 2.88. The zero-order chi connectivity index (χ0) is 16.6. The van der Waals surface area contributed by atoms with Gasteiger partial charge < -0.3 is 15.2 Å². The van der Waals surface area contributed by atoms with Gasteiger partial charge in [-0.2, -0.15) is 0 Å². The summed E-state index contributed by atoms with van der Waals surface area (Å²) in [6.07, 6.45) is 1.78. The Hall–Kier alpha value is -1.57. The van der Waals surface area contributed by atoms with Crippen LogP contribution in [-0.4, -0.2) is 44.6 Å².